The van der Waals surface area contributed by atoms with Gasteiger partial charge in [0.2, 0.25) is 0 Å². The molecule has 0 saturated carbocycles. The monoisotopic (exact) mass is 595 g/mol. The molecule has 3 heterocycles. The highest BCUT2D eigenvalue weighted by Crippen LogP contribution is 2.41. The van der Waals surface area contributed by atoms with Crippen LogP contribution in [0, 0.1) is 0 Å². The average Bonchev–Trinajstić information content (AvgIpc) is 3.27. The zero-order valence-corrected chi connectivity index (χ0v) is 27.8. The molecule has 1 aromatic carbocycles. The van der Waals surface area contributed by atoms with Crippen LogP contribution in [0.5, 0.6) is 11.6 Å². The van der Waals surface area contributed by atoms with Crippen LogP contribution in [0.3, 0.4) is 0 Å². The van der Waals surface area contributed by atoms with E-state index in [-0.39, 0.29) is 41.6 Å². The number of hydrogen-bond donors (Lipinski definition) is 1. The summed E-state index contributed by atoms with van der Waals surface area (Å²) in [4.78, 5) is 16.2. The maximum Gasteiger partial charge on any atom is 0.401 e. The first-order valence-corrected chi connectivity index (χ1v) is 15.7. The Hall–Kier alpha value is -3.40. The minimum atomic E-state index is -0.244. The van der Waals surface area contributed by atoms with Crippen LogP contribution in [-0.4, -0.2) is 60.0 Å². The molecule has 1 aliphatic heterocycles. The van der Waals surface area contributed by atoms with Gasteiger partial charge in [-0.3, -0.25) is 10.5 Å². The predicted octanol–water partition coefficient (Wildman–Crippen LogP) is 5.44. The highest BCUT2D eigenvalue weighted by atomic mass is 16.5. The fraction of sp³-hybridized carbons (Fsp3) is 0.636. The van der Waals surface area contributed by atoms with Crippen molar-refractivity contribution in [1.82, 2.24) is 14.7 Å². The summed E-state index contributed by atoms with van der Waals surface area (Å²) >= 11 is 0. The van der Waals surface area contributed by atoms with Crippen LogP contribution in [0.4, 0.5) is 11.6 Å². The lowest BCUT2D eigenvalue weighted by Gasteiger charge is -2.33. The summed E-state index contributed by atoms with van der Waals surface area (Å²) in [5.41, 5.74) is 11.6. The largest absolute Gasteiger partial charge is 0.494 e. The summed E-state index contributed by atoms with van der Waals surface area (Å²) in [6.45, 7) is 21.9. The van der Waals surface area contributed by atoms with Gasteiger partial charge in [-0.1, -0.05) is 77.0 Å². The number of methoxy groups -OCH3 is 1. The molecule has 2 aromatic heterocycles. The standard InChI is InChI=1S/C33H50N6O4/c1-11-23(12-2)43-31-28(21(5)6)27(20(3)4)30-35-38(32(34)39(30)36-31)19-26(40)22-17-24(33(7,8)9)29(41-10)25(18-22)37-13-15-42-16-14-37/h17-18,20-21,23,34H,11-16,19H2,1-10H3/p+1. The maximum atomic E-state index is 14.0. The van der Waals surface area contributed by atoms with Crippen molar-refractivity contribution in [3.63, 3.8) is 0 Å². The van der Waals surface area contributed by atoms with E-state index in [2.05, 4.69) is 67.2 Å². The molecule has 0 unspecified atom stereocenters. The van der Waals surface area contributed by atoms with Crippen LogP contribution in [-0.2, 0) is 16.7 Å². The number of anilines is 2. The number of nitrogens with two attached hydrogens (primary N) is 1. The van der Waals surface area contributed by atoms with Gasteiger partial charge in [0, 0.05) is 35.3 Å². The van der Waals surface area contributed by atoms with Crippen LogP contribution < -0.4 is 24.8 Å². The third-order valence-electron chi connectivity index (χ3n) is 8.24. The molecule has 0 radical (unpaired) electrons. The highest BCUT2D eigenvalue weighted by Gasteiger charge is 2.32. The van der Waals surface area contributed by atoms with Gasteiger partial charge in [-0.05, 0) is 42.2 Å². The number of carbonyl (C=O) groups excluding carboxylic acids is 1. The topological polar surface area (TPSA) is 108 Å². The predicted molar refractivity (Wildman–Crippen MR) is 170 cm³/mol. The number of morpholine rings is 1. The van der Waals surface area contributed by atoms with Crippen LogP contribution >= 0.6 is 0 Å². The molecule has 2 N–H and O–H groups in total. The molecule has 1 fully saturated rings. The van der Waals surface area contributed by atoms with Gasteiger partial charge in [-0.15, -0.1) is 4.68 Å². The summed E-state index contributed by atoms with van der Waals surface area (Å²) in [6, 6.07) is 3.89. The Morgan fingerprint density at radius 1 is 1.07 bits per heavy atom. The van der Waals surface area contributed by atoms with Crippen molar-refractivity contribution in [2.45, 2.75) is 105 Å². The molecule has 0 aliphatic carbocycles. The van der Waals surface area contributed by atoms with Crippen LogP contribution in [0.25, 0.3) is 5.65 Å². The third-order valence-corrected chi connectivity index (χ3v) is 8.24. The second-order valence-corrected chi connectivity index (χ2v) is 13.1. The zero-order valence-electron chi connectivity index (χ0n) is 27.8. The van der Waals surface area contributed by atoms with E-state index in [1.165, 1.54) is 0 Å². The Labute approximate surface area is 256 Å². The molecule has 10 nitrogen and oxygen atoms in total. The number of rotatable bonds is 11. The van der Waals surface area contributed by atoms with Crippen molar-refractivity contribution in [3.05, 3.63) is 34.4 Å². The summed E-state index contributed by atoms with van der Waals surface area (Å²) in [5.74, 6) is 1.88. The lowest BCUT2D eigenvalue weighted by molar-refractivity contribution is -0.723. The smallest absolute Gasteiger partial charge is 0.401 e. The molecule has 10 heteroatoms. The number of hydrogen-bond acceptors (Lipinski definition) is 8. The number of aromatic nitrogens is 4. The Kier molecular flexibility index (Phi) is 9.89. The minimum absolute atomic E-state index is 0.0229. The first kappa shape index (κ1) is 32.5. The third kappa shape index (κ3) is 6.59. The fourth-order valence-corrected chi connectivity index (χ4v) is 5.83. The summed E-state index contributed by atoms with van der Waals surface area (Å²) in [6.07, 6.45) is 1.81. The number of fused-ring (bicyclic) bond motifs is 1. The minimum Gasteiger partial charge on any atom is -0.494 e. The van der Waals surface area contributed by atoms with Gasteiger partial charge in [0.1, 0.15) is 11.9 Å². The quantitative estimate of drug-likeness (QED) is 0.231. The van der Waals surface area contributed by atoms with E-state index >= 15 is 0 Å². The number of nitrogens with zero attached hydrogens (tertiary/aromatic N) is 5. The van der Waals surface area contributed by atoms with Gasteiger partial charge in [0.25, 0.3) is 11.5 Å². The maximum absolute atomic E-state index is 14.0. The number of carbonyl (C=O) groups is 1. The van der Waals surface area contributed by atoms with E-state index in [9.17, 15) is 4.79 Å². The summed E-state index contributed by atoms with van der Waals surface area (Å²) < 4.78 is 21.2. The number of ether oxygens (including phenoxy) is 3. The molecule has 43 heavy (non-hydrogen) atoms. The lowest BCUT2D eigenvalue weighted by Crippen LogP contribution is -2.42. The van der Waals surface area contributed by atoms with Crippen molar-refractivity contribution < 1.29 is 23.7 Å². The number of benzene rings is 1. The second-order valence-electron chi connectivity index (χ2n) is 13.1. The zero-order chi connectivity index (χ0) is 31.6. The normalized spacial score (nSPS) is 14.4. The first-order valence-electron chi connectivity index (χ1n) is 15.7. The average molecular weight is 596 g/mol. The summed E-state index contributed by atoms with van der Waals surface area (Å²) in [7, 11) is 1.69. The Morgan fingerprint density at radius 3 is 2.23 bits per heavy atom. The van der Waals surface area contributed by atoms with E-state index < -0.39 is 0 Å². The molecule has 0 atom stereocenters. The van der Waals surface area contributed by atoms with Crippen LogP contribution in [0.1, 0.15) is 114 Å². The summed E-state index contributed by atoms with van der Waals surface area (Å²) in [5, 5.41) is 9.74. The molecule has 4 rings (SSSR count). The van der Waals surface area contributed by atoms with E-state index in [4.69, 9.17) is 30.1 Å². The molecule has 1 aliphatic rings. The van der Waals surface area contributed by atoms with Crippen LogP contribution in [0.2, 0.25) is 0 Å². The van der Waals surface area contributed by atoms with Crippen molar-refractivity contribution in [2.24, 2.45) is 0 Å². The van der Waals surface area contributed by atoms with E-state index in [0.29, 0.717) is 30.3 Å². The molecular weight excluding hydrogens is 544 g/mol. The van der Waals surface area contributed by atoms with E-state index in [1.54, 1.807) is 16.3 Å². The molecular formula is C33H51N6O4+. The number of Topliss-reactive ketones (excluding diaryl/α,β-unsaturated/α-hetero) is 1. The van der Waals surface area contributed by atoms with Gasteiger partial charge in [-0.2, -0.15) is 0 Å². The van der Waals surface area contributed by atoms with Crippen molar-refractivity contribution >= 4 is 23.1 Å². The van der Waals surface area contributed by atoms with Crippen molar-refractivity contribution in [3.8, 4) is 11.6 Å². The Bertz CT molecular complexity index is 1450. The molecule has 0 amide bonds. The van der Waals surface area contributed by atoms with Gasteiger partial charge in [0.05, 0.1) is 26.0 Å². The number of ketones is 1. The fourth-order valence-electron chi connectivity index (χ4n) is 5.83. The van der Waals surface area contributed by atoms with E-state index in [0.717, 1.165) is 54.1 Å². The Balaban J connectivity index is 1.83. The van der Waals surface area contributed by atoms with E-state index in [1.807, 2.05) is 12.1 Å². The van der Waals surface area contributed by atoms with Gasteiger partial charge in [-0.25, -0.2) is 0 Å². The molecule has 3 aromatic rings. The van der Waals surface area contributed by atoms with Gasteiger partial charge in [0.15, 0.2) is 12.3 Å². The van der Waals surface area contributed by atoms with Crippen molar-refractivity contribution in [2.75, 3.05) is 44.0 Å². The lowest BCUT2D eigenvalue weighted by atomic mass is 9.84. The molecule has 236 valence electrons. The molecule has 0 spiro atoms. The second kappa shape index (κ2) is 13.1. The Morgan fingerprint density at radius 2 is 1.70 bits per heavy atom. The van der Waals surface area contributed by atoms with Crippen LogP contribution in [0.15, 0.2) is 12.1 Å². The van der Waals surface area contributed by atoms with Gasteiger partial charge >= 0.3 is 5.95 Å². The highest BCUT2D eigenvalue weighted by molar-refractivity contribution is 5.97. The number of nitrogen functional groups attached to an aromatic ring is 1. The first-order chi connectivity index (χ1) is 20.3. The van der Waals surface area contributed by atoms with Gasteiger partial charge < -0.3 is 19.1 Å². The molecule has 0 bridgehead atoms. The molecule has 1 saturated heterocycles. The van der Waals surface area contributed by atoms with Crippen molar-refractivity contribution in [1.29, 1.82) is 0 Å². The SMILES string of the molecule is CCC(CC)Oc1nn2c(N)[n+](CC(=O)c3cc(N4CCOCC4)c(OC)c(C(C)(C)C)c3)nc2c(C(C)C)c1C(C)C.